The average Bonchev–Trinajstić information content (AvgIpc) is 2.79. The van der Waals surface area contributed by atoms with Gasteiger partial charge in [0.15, 0.2) is 0 Å². The van der Waals surface area contributed by atoms with E-state index in [1.807, 2.05) is 11.3 Å². The molecule has 0 saturated heterocycles. The van der Waals surface area contributed by atoms with Crippen molar-refractivity contribution in [3.05, 3.63) is 15.6 Å². The Bertz CT molecular complexity index is 378. The number of rotatable bonds is 6. The molecule has 19 heavy (non-hydrogen) atoms. The van der Waals surface area contributed by atoms with E-state index in [2.05, 4.69) is 26.1 Å². The van der Waals surface area contributed by atoms with Gasteiger partial charge in [-0.05, 0) is 45.1 Å². The highest BCUT2D eigenvalue weighted by Crippen LogP contribution is 2.39. The highest BCUT2D eigenvalue weighted by molar-refractivity contribution is 7.11. The summed E-state index contributed by atoms with van der Waals surface area (Å²) < 4.78 is 0. The lowest BCUT2D eigenvalue weighted by molar-refractivity contribution is 0.308. The predicted molar refractivity (Wildman–Crippen MR) is 83.8 cm³/mol. The molecule has 0 spiro atoms. The average molecular weight is 280 g/mol. The third-order valence-electron chi connectivity index (χ3n) is 4.34. The topological polar surface area (TPSA) is 24.9 Å². The van der Waals surface area contributed by atoms with Gasteiger partial charge in [0.05, 0.1) is 10.7 Å². The van der Waals surface area contributed by atoms with Crippen molar-refractivity contribution in [1.29, 1.82) is 0 Å². The summed E-state index contributed by atoms with van der Waals surface area (Å²) in [5.41, 5.74) is 1.25. The van der Waals surface area contributed by atoms with E-state index in [1.54, 1.807) is 0 Å². The van der Waals surface area contributed by atoms with Crippen LogP contribution in [0.3, 0.4) is 0 Å². The van der Waals surface area contributed by atoms with Crippen molar-refractivity contribution in [3.63, 3.8) is 0 Å². The molecule has 0 aliphatic heterocycles. The zero-order valence-corrected chi connectivity index (χ0v) is 13.5. The second kappa shape index (κ2) is 7.39. The van der Waals surface area contributed by atoms with Crippen LogP contribution in [-0.2, 0) is 6.54 Å². The maximum atomic E-state index is 4.84. The minimum Gasteiger partial charge on any atom is -0.312 e. The van der Waals surface area contributed by atoms with Gasteiger partial charge in [-0.15, -0.1) is 11.3 Å². The molecule has 1 aromatic rings. The highest BCUT2D eigenvalue weighted by Gasteiger charge is 2.24. The van der Waals surface area contributed by atoms with Gasteiger partial charge in [0.2, 0.25) is 0 Å². The van der Waals surface area contributed by atoms with E-state index in [0.29, 0.717) is 0 Å². The molecular formula is C16H28N2S. The largest absolute Gasteiger partial charge is 0.312 e. The molecule has 1 aliphatic carbocycles. The first-order valence-corrected chi connectivity index (χ1v) is 8.73. The number of hydrogen-bond donors (Lipinski definition) is 1. The summed E-state index contributed by atoms with van der Waals surface area (Å²) in [5, 5.41) is 4.82. The van der Waals surface area contributed by atoms with Gasteiger partial charge in [0.25, 0.3) is 0 Å². The first-order valence-electron chi connectivity index (χ1n) is 7.91. The lowest BCUT2D eigenvalue weighted by atomic mass is 9.80. The normalized spacial score (nSPS) is 23.7. The van der Waals surface area contributed by atoms with Gasteiger partial charge in [-0.3, -0.25) is 0 Å². The van der Waals surface area contributed by atoms with Crippen LogP contribution < -0.4 is 5.32 Å². The second-order valence-corrected chi connectivity index (χ2v) is 6.96. The molecule has 2 nitrogen and oxygen atoms in total. The molecule has 1 heterocycles. The second-order valence-electron chi connectivity index (χ2n) is 5.85. The minimum atomic E-state index is 0.743. The van der Waals surface area contributed by atoms with E-state index in [9.17, 15) is 0 Å². The van der Waals surface area contributed by atoms with Crippen LogP contribution >= 0.6 is 11.3 Å². The molecule has 3 heteroatoms. The Morgan fingerprint density at radius 1 is 1.21 bits per heavy atom. The van der Waals surface area contributed by atoms with Crippen LogP contribution in [0.15, 0.2) is 0 Å². The van der Waals surface area contributed by atoms with E-state index in [4.69, 9.17) is 4.98 Å². The molecule has 0 atom stereocenters. The van der Waals surface area contributed by atoms with Crippen LogP contribution in [0.1, 0.15) is 73.9 Å². The number of nitrogens with zero attached hydrogens (tertiary/aromatic N) is 1. The fraction of sp³-hybridized carbons (Fsp3) is 0.812. The van der Waals surface area contributed by atoms with Gasteiger partial charge in [-0.2, -0.15) is 0 Å². The van der Waals surface area contributed by atoms with Crippen molar-refractivity contribution in [2.45, 2.75) is 71.8 Å². The molecular weight excluding hydrogens is 252 g/mol. The Morgan fingerprint density at radius 2 is 1.95 bits per heavy atom. The summed E-state index contributed by atoms with van der Waals surface area (Å²) in [7, 11) is 0. The number of hydrogen-bond acceptors (Lipinski definition) is 3. The van der Waals surface area contributed by atoms with Gasteiger partial charge >= 0.3 is 0 Å². The van der Waals surface area contributed by atoms with Gasteiger partial charge in [-0.1, -0.05) is 26.7 Å². The van der Waals surface area contributed by atoms with E-state index < -0.39 is 0 Å². The first kappa shape index (κ1) is 15.0. The third kappa shape index (κ3) is 4.03. The lowest BCUT2D eigenvalue weighted by Crippen LogP contribution is -2.13. The molecule has 0 amide bonds. The van der Waals surface area contributed by atoms with Crippen molar-refractivity contribution < 1.29 is 0 Å². The molecule has 1 fully saturated rings. The fourth-order valence-corrected chi connectivity index (χ4v) is 4.34. The molecule has 0 unspecified atom stereocenters. The van der Waals surface area contributed by atoms with Crippen LogP contribution in [0.5, 0.6) is 0 Å². The van der Waals surface area contributed by atoms with Crippen LogP contribution in [0.4, 0.5) is 0 Å². The van der Waals surface area contributed by atoms with E-state index in [0.717, 1.165) is 24.9 Å². The first-order chi connectivity index (χ1) is 9.24. The van der Waals surface area contributed by atoms with Crippen LogP contribution in [0.25, 0.3) is 0 Å². The predicted octanol–water partition coefficient (Wildman–Crippen LogP) is 4.63. The lowest BCUT2D eigenvalue weighted by Gasteiger charge is -2.26. The molecule has 0 aromatic carbocycles. The molecule has 0 radical (unpaired) electrons. The Kier molecular flexibility index (Phi) is 5.83. The number of aromatic nitrogens is 1. The maximum absolute atomic E-state index is 4.84. The Hall–Kier alpha value is -0.410. The molecule has 2 rings (SSSR count). The fourth-order valence-electron chi connectivity index (χ4n) is 3.13. The van der Waals surface area contributed by atoms with Crippen molar-refractivity contribution >= 4 is 11.3 Å². The molecule has 1 aromatic heterocycles. The summed E-state index contributed by atoms with van der Waals surface area (Å²) in [5.74, 6) is 1.73. The Morgan fingerprint density at radius 3 is 2.58 bits per heavy atom. The monoisotopic (exact) mass is 280 g/mol. The van der Waals surface area contributed by atoms with Crippen molar-refractivity contribution in [1.82, 2.24) is 10.3 Å². The SMILES string of the molecule is CCCC1CCC(c2nc(C)c(CNCC)s2)CC1. The molecule has 108 valence electrons. The number of nitrogens with one attached hydrogen (secondary N) is 1. The standard InChI is InChI=1S/C16H28N2S/c1-4-6-13-7-9-14(10-8-13)16-18-12(3)15(19-16)11-17-5-2/h13-14,17H,4-11H2,1-3H3. The van der Waals surface area contributed by atoms with Crippen LogP contribution in [-0.4, -0.2) is 11.5 Å². The summed E-state index contributed by atoms with van der Waals surface area (Å²) >= 11 is 1.95. The number of thiazole rings is 1. The summed E-state index contributed by atoms with van der Waals surface area (Å²) in [4.78, 5) is 6.27. The van der Waals surface area contributed by atoms with Crippen molar-refractivity contribution in [3.8, 4) is 0 Å². The van der Waals surface area contributed by atoms with Gasteiger partial charge < -0.3 is 5.32 Å². The minimum absolute atomic E-state index is 0.743. The highest BCUT2D eigenvalue weighted by atomic mass is 32.1. The van der Waals surface area contributed by atoms with Gasteiger partial charge in [-0.25, -0.2) is 4.98 Å². The van der Waals surface area contributed by atoms with Crippen LogP contribution in [0.2, 0.25) is 0 Å². The van der Waals surface area contributed by atoms with Gasteiger partial charge in [0.1, 0.15) is 0 Å². The third-order valence-corrected chi connectivity index (χ3v) is 5.66. The zero-order chi connectivity index (χ0) is 13.7. The Labute approximate surface area is 122 Å². The molecule has 1 N–H and O–H groups in total. The summed E-state index contributed by atoms with van der Waals surface area (Å²) in [6.07, 6.45) is 8.32. The number of aryl methyl sites for hydroxylation is 1. The maximum Gasteiger partial charge on any atom is 0.0962 e. The van der Waals surface area contributed by atoms with Crippen LogP contribution in [0, 0.1) is 12.8 Å². The molecule has 0 bridgehead atoms. The van der Waals surface area contributed by atoms with Crippen molar-refractivity contribution in [2.75, 3.05) is 6.54 Å². The smallest absolute Gasteiger partial charge is 0.0962 e. The van der Waals surface area contributed by atoms with E-state index in [-0.39, 0.29) is 0 Å². The Balaban J connectivity index is 1.92. The summed E-state index contributed by atoms with van der Waals surface area (Å²) in [6.45, 7) is 8.66. The molecule has 1 aliphatic rings. The zero-order valence-electron chi connectivity index (χ0n) is 12.7. The molecule has 1 saturated carbocycles. The quantitative estimate of drug-likeness (QED) is 0.821. The van der Waals surface area contributed by atoms with Crippen molar-refractivity contribution in [2.24, 2.45) is 5.92 Å². The van der Waals surface area contributed by atoms with Gasteiger partial charge in [0, 0.05) is 17.3 Å². The van der Waals surface area contributed by atoms with E-state index >= 15 is 0 Å². The summed E-state index contributed by atoms with van der Waals surface area (Å²) in [6, 6.07) is 0. The van der Waals surface area contributed by atoms with E-state index in [1.165, 1.54) is 54.1 Å².